The van der Waals surface area contributed by atoms with Gasteiger partial charge in [-0.1, -0.05) is 29.8 Å². The van der Waals surface area contributed by atoms with Gasteiger partial charge in [-0.05, 0) is 24.6 Å². The molecule has 0 saturated carbocycles. The highest BCUT2D eigenvalue weighted by atomic mass is 79.9. The molecule has 0 aromatic heterocycles. The van der Waals surface area contributed by atoms with Crippen molar-refractivity contribution in [1.29, 1.82) is 0 Å². The fraction of sp³-hybridized carbons (Fsp3) is 0.538. The van der Waals surface area contributed by atoms with Gasteiger partial charge in [0.2, 0.25) is 0 Å². The van der Waals surface area contributed by atoms with Gasteiger partial charge >= 0.3 is 0 Å². The molecule has 1 aliphatic rings. The maximum atomic E-state index is 6.07. The summed E-state index contributed by atoms with van der Waals surface area (Å²) in [4.78, 5) is 2.40. The summed E-state index contributed by atoms with van der Waals surface area (Å²) in [6.45, 7) is 6.81. The second kappa shape index (κ2) is 5.11. The summed E-state index contributed by atoms with van der Waals surface area (Å²) < 4.78 is 1.48. The quantitative estimate of drug-likeness (QED) is 0.800. The SMILES string of the molecule is CC1(C)CCN(c2cc(Br)ccc2N)CCS1. The number of anilines is 2. The first-order valence-electron chi connectivity index (χ1n) is 5.92. The number of nitrogens with two attached hydrogens (primary N) is 1. The van der Waals surface area contributed by atoms with Crippen molar-refractivity contribution in [3.05, 3.63) is 22.7 Å². The number of nitrogens with zero attached hydrogens (tertiary/aromatic N) is 1. The van der Waals surface area contributed by atoms with Crippen LogP contribution in [0.25, 0.3) is 0 Å². The topological polar surface area (TPSA) is 29.3 Å². The van der Waals surface area contributed by atoms with Gasteiger partial charge in [0.15, 0.2) is 0 Å². The van der Waals surface area contributed by atoms with Gasteiger partial charge in [-0.2, -0.15) is 11.8 Å². The summed E-state index contributed by atoms with van der Waals surface area (Å²) in [5, 5.41) is 0. The van der Waals surface area contributed by atoms with Crippen LogP contribution in [-0.4, -0.2) is 23.6 Å². The fourth-order valence-electron chi connectivity index (χ4n) is 2.05. The Bertz CT molecular complexity index is 406. The van der Waals surface area contributed by atoms with Gasteiger partial charge in [0, 0.05) is 28.1 Å². The maximum absolute atomic E-state index is 6.07. The van der Waals surface area contributed by atoms with Crippen molar-refractivity contribution < 1.29 is 0 Å². The molecule has 1 heterocycles. The molecule has 0 amide bonds. The summed E-state index contributed by atoms with van der Waals surface area (Å²) in [5.74, 6) is 1.17. The molecule has 0 bridgehead atoms. The lowest BCUT2D eigenvalue weighted by Crippen LogP contribution is -2.27. The smallest absolute Gasteiger partial charge is 0.0611 e. The van der Waals surface area contributed by atoms with Crippen LogP contribution in [0.3, 0.4) is 0 Å². The number of benzene rings is 1. The first-order valence-corrected chi connectivity index (χ1v) is 7.70. The summed E-state index contributed by atoms with van der Waals surface area (Å²) in [6, 6.07) is 6.09. The van der Waals surface area contributed by atoms with Crippen LogP contribution in [0.1, 0.15) is 20.3 Å². The van der Waals surface area contributed by atoms with Crippen LogP contribution in [0.5, 0.6) is 0 Å². The Labute approximate surface area is 116 Å². The van der Waals surface area contributed by atoms with Crippen molar-refractivity contribution in [1.82, 2.24) is 0 Å². The van der Waals surface area contributed by atoms with Crippen LogP contribution in [0, 0.1) is 0 Å². The molecule has 1 aromatic carbocycles. The Morgan fingerprint density at radius 1 is 1.35 bits per heavy atom. The van der Waals surface area contributed by atoms with Crippen molar-refractivity contribution in [3.8, 4) is 0 Å². The van der Waals surface area contributed by atoms with E-state index in [1.54, 1.807) is 0 Å². The molecule has 0 unspecified atom stereocenters. The normalized spacial score (nSPS) is 20.1. The van der Waals surface area contributed by atoms with E-state index in [9.17, 15) is 0 Å². The molecule has 0 radical (unpaired) electrons. The molecule has 0 aliphatic carbocycles. The number of thioether (sulfide) groups is 1. The molecule has 1 fully saturated rings. The van der Waals surface area contributed by atoms with Crippen LogP contribution in [0.2, 0.25) is 0 Å². The van der Waals surface area contributed by atoms with E-state index in [0.717, 1.165) is 28.9 Å². The fourth-order valence-corrected chi connectivity index (χ4v) is 3.50. The third-order valence-electron chi connectivity index (χ3n) is 3.17. The minimum atomic E-state index is 0.384. The lowest BCUT2D eigenvalue weighted by molar-refractivity contribution is 0.638. The van der Waals surface area contributed by atoms with Crippen LogP contribution >= 0.6 is 27.7 Å². The highest BCUT2D eigenvalue weighted by molar-refractivity contribution is 9.10. The monoisotopic (exact) mass is 314 g/mol. The van der Waals surface area contributed by atoms with Crippen molar-refractivity contribution in [2.75, 3.05) is 29.5 Å². The second-order valence-electron chi connectivity index (χ2n) is 5.05. The zero-order valence-electron chi connectivity index (χ0n) is 10.4. The molecule has 2 nitrogen and oxygen atoms in total. The lowest BCUT2D eigenvalue weighted by Gasteiger charge is -2.25. The molecule has 17 heavy (non-hydrogen) atoms. The average Bonchev–Trinajstić information content (AvgIpc) is 2.43. The summed E-state index contributed by atoms with van der Waals surface area (Å²) in [7, 11) is 0. The van der Waals surface area contributed by atoms with Gasteiger partial charge in [-0.25, -0.2) is 0 Å². The predicted octanol–water partition coefficient (Wildman–Crippen LogP) is 3.75. The van der Waals surface area contributed by atoms with Gasteiger partial charge in [-0.3, -0.25) is 0 Å². The molecule has 94 valence electrons. The standard InChI is InChI=1S/C13H19BrN2S/c1-13(2)5-6-16(7-8-17-13)12-9-10(14)3-4-11(12)15/h3-4,9H,5-8,15H2,1-2H3. The summed E-state index contributed by atoms with van der Waals surface area (Å²) in [5.41, 5.74) is 8.11. The Morgan fingerprint density at radius 2 is 2.12 bits per heavy atom. The molecule has 2 N–H and O–H groups in total. The molecule has 0 spiro atoms. The van der Waals surface area contributed by atoms with Gasteiger partial charge in [0.1, 0.15) is 0 Å². The zero-order chi connectivity index (χ0) is 12.5. The number of halogens is 1. The van der Waals surface area contributed by atoms with Crippen molar-refractivity contribution in [2.45, 2.75) is 25.0 Å². The van der Waals surface area contributed by atoms with Gasteiger partial charge in [0.05, 0.1) is 11.4 Å². The van der Waals surface area contributed by atoms with Crippen molar-refractivity contribution >= 4 is 39.1 Å². The van der Waals surface area contributed by atoms with Crippen LogP contribution < -0.4 is 10.6 Å². The maximum Gasteiger partial charge on any atom is 0.0611 e. The van der Waals surface area contributed by atoms with Gasteiger partial charge in [-0.15, -0.1) is 0 Å². The van der Waals surface area contributed by atoms with Crippen molar-refractivity contribution in [3.63, 3.8) is 0 Å². The molecule has 0 atom stereocenters. The number of hydrogen-bond acceptors (Lipinski definition) is 3. The number of rotatable bonds is 1. The Hall–Kier alpha value is -0.350. The highest BCUT2D eigenvalue weighted by Gasteiger charge is 2.24. The highest BCUT2D eigenvalue weighted by Crippen LogP contribution is 2.34. The predicted molar refractivity (Wildman–Crippen MR) is 81.9 cm³/mol. The van der Waals surface area contributed by atoms with Crippen LogP contribution in [0.15, 0.2) is 22.7 Å². The molecule has 1 aromatic rings. The Morgan fingerprint density at radius 3 is 2.88 bits per heavy atom. The first kappa shape index (κ1) is 13.1. The minimum Gasteiger partial charge on any atom is -0.397 e. The Balaban J connectivity index is 2.19. The molecular weight excluding hydrogens is 296 g/mol. The Kier molecular flexibility index (Phi) is 3.93. The van der Waals surface area contributed by atoms with E-state index in [-0.39, 0.29) is 0 Å². The minimum absolute atomic E-state index is 0.384. The summed E-state index contributed by atoms with van der Waals surface area (Å²) in [6.07, 6.45) is 1.20. The third kappa shape index (κ3) is 3.32. The second-order valence-corrected chi connectivity index (χ2v) is 7.77. The summed E-state index contributed by atoms with van der Waals surface area (Å²) >= 11 is 5.57. The average molecular weight is 315 g/mol. The van der Waals surface area contributed by atoms with Crippen LogP contribution in [0.4, 0.5) is 11.4 Å². The van der Waals surface area contributed by atoms with E-state index in [2.05, 4.69) is 52.5 Å². The van der Waals surface area contributed by atoms with Crippen molar-refractivity contribution in [2.24, 2.45) is 0 Å². The van der Waals surface area contributed by atoms with Gasteiger partial charge < -0.3 is 10.6 Å². The number of nitrogen functional groups attached to an aromatic ring is 1. The molecular formula is C13H19BrN2S. The largest absolute Gasteiger partial charge is 0.397 e. The van der Waals surface area contributed by atoms with E-state index in [4.69, 9.17) is 5.73 Å². The van der Waals surface area contributed by atoms with E-state index >= 15 is 0 Å². The molecule has 1 saturated heterocycles. The zero-order valence-corrected chi connectivity index (χ0v) is 12.8. The lowest BCUT2D eigenvalue weighted by atomic mass is 10.1. The van der Waals surface area contributed by atoms with E-state index < -0.39 is 0 Å². The molecule has 4 heteroatoms. The van der Waals surface area contributed by atoms with Crippen LogP contribution in [-0.2, 0) is 0 Å². The first-order chi connectivity index (χ1) is 7.98. The van der Waals surface area contributed by atoms with E-state index in [1.165, 1.54) is 12.2 Å². The number of hydrogen-bond donors (Lipinski definition) is 1. The van der Waals surface area contributed by atoms with E-state index in [0.29, 0.717) is 4.75 Å². The molecule has 1 aliphatic heterocycles. The van der Waals surface area contributed by atoms with Gasteiger partial charge in [0.25, 0.3) is 0 Å². The van der Waals surface area contributed by atoms with E-state index in [1.807, 2.05) is 12.1 Å². The molecule has 2 rings (SSSR count). The third-order valence-corrected chi connectivity index (χ3v) is 5.04.